The number of ether oxygens (including phenoxy) is 1. The van der Waals surface area contributed by atoms with Gasteiger partial charge in [-0.2, -0.15) is 0 Å². The molecule has 2 aliphatic heterocycles. The Bertz CT molecular complexity index is 707. The summed E-state index contributed by atoms with van der Waals surface area (Å²) in [5.74, 6) is 0.894. The third kappa shape index (κ3) is 3.72. The first-order valence-electron chi connectivity index (χ1n) is 8.24. The minimum absolute atomic E-state index is 0.300. The topological polar surface area (TPSA) is 71.0 Å². The van der Waals surface area contributed by atoms with Crippen LogP contribution in [0.3, 0.4) is 0 Å². The Labute approximate surface area is 143 Å². The zero-order valence-corrected chi connectivity index (χ0v) is 15.1. The maximum Gasteiger partial charge on any atom is 0.193 e. The average molecular weight is 351 g/mol. The Balaban J connectivity index is 1.59. The zero-order chi connectivity index (χ0) is 17.2. The molecule has 7 heteroatoms. The van der Waals surface area contributed by atoms with Crippen molar-refractivity contribution >= 4 is 15.8 Å². The lowest BCUT2D eigenvalue weighted by atomic mass is 9.87. The fourth-order valence-electron chi connectivity index (χ4n) is 3.46. The summed E-state index contributed by atoms with van der Waals surface area (Å²) >= 11 is 0. The maximum atomic E-state index is 11.5. The summed E-state index contributed by atoms with van der Waals surface area (Å²) in [5, 5.41) is 3.38. The van der Waals surface area contributed by atoms with E-state index in [1.165, 1.54) is 6.26 Å². The van der Waals surface area contributed by atoms with Crippen LogP contribution >= 0.6 is 0 Å². The number of benzene rings is 1. The highest BCUT2D eigenvalue weighted by atomic mass is 32.2. The molecule has 2 fully saturated rings. The molecule has 1 unspecified atom stereocenters. The molecule has 1 atom stereocenters. The van der Waals surface area contributed by atoms with Crippen molar-refractivity contribution in [2.75, 3.05) is 39.6 Å². The van der Waals surface area contributed by atoms with Gasteiger partial charge in [-0.25, -0.2) is 8.42 Å². The molecule has 1 N–H and O–H groups in total. The molecule has 2 saturated heterocycles. The lowest BCUT2D eigenvalue weighted by molar-refractivity contribution is 0.156. The predicted molar refractivity (Wildman–Crippen MR) is 93.8 cm³/mol. The molecule has 24 heavy (non-hydrogen) atoms. The van der Waals surface area contributed by atoms with Crippen molar-refractivity contribution in [2.24, 2.45) is 10.4 Å². The number of hydrogen-bond donors (Lipinski definition) is 1. The van der Waals surface area contributed by atoms with Gasteiger partial charge in [0.05, 0.1) is 11.5 Å². The van der Waals surface area contributed by atoms with Gasteiger partial charge in [0.2, 0.25) is 0 Å². The molecule has 0 aliphatic carbocycles. The molecule has 1 spiro atoms. The molecule has 0 aromatic heterocycles. The Morgan fingerprint density at radius 2 is 2.08 bits per heavy atom. The monoisotopic (exact) mass is 351 g/mol. The number of nitrogens with zero attached hydrogens (tertiary/aromatic N) is 2. The van der Waals surface area contributed by atoms with Gasteiger partial charge in [-0.3, -0.25) is 4.99 Å². The largest absolute Gasteiger partial charge is 0.381 e. The van der Waals surface area contributed by atoms with E-state index in [-0.39, 0.29) is 0 Å². The molecule has 0 saturated carbocycles. The van der Waals surface area contributed by atoms with E-state index in [0.717, 1.165) is 50.7 Å². The van der Waals surface area contributed by atoms with Crippen molar-refractivity contribution in [3.05, 3.63) is 29.8 Å². The number of rotatable bonds is 3. The normalized spacial score (nSPS) is 24.8. The van der Waals surface area contributed by atoms with Gasteiger partial charge >= 0.3 is 0 Å². The first kappa shape index (κ1) is 17.2. The summed E-state index contributed by atoms with van der Waals surface area (Å²) in [6.45, 7) is 4.33. The van der Waals surface area contributed by atoms with E-state index in [0.29, 0.717) is 16.9 Å². The van der Waals surface area contributed by atoms with Crippen LogP contribution in [-0.2, 0) is 21.1 Å². The Morgan fingerprint density at radius 1 is 1.33 bits per heavy atom. The van der Waals surface area contributed by atoms with E-state index < -0.39 is 9.84 Å². The third-order valence-corrected chi connectivity index (χ3v) is 6.07. The van der Waals surface area contributed by atoms with Gasteiger partial charge in [-0.05, 0) is 30.5 Å². The van der Waals surface area contributed by atoms with Crippen molar-refractivity contribution in [1.82, 2.24) is 10.2 Å². The number of guanidine groups is 1. The molecule has 0 radical (unpaired) electrons. The Hall–Kier alpha value is -1.60. The number of likely N-dealkylation sites (tertiary alicyclic amines) is 1. The number of aliphatic imine (C=N–C) groups is 1. The van der Waals surface area contributed by atoms with Crippen LogP contribution in [0.2, 0.25) is 0 Å². The van der Waals surface area contributed by atoms with Crippen LogP contribution in [0.15, 0.2) is 34.2 Å². The van der Waals surface area contributed by atoms with Gasteiger partial charge in [0, 0.05) is 45.0 Å². The molecule has 1 aromatic rings. The highest BCUT2D eigenvalue weighted by Crippen LogP contribution is 2.38. The lowest BCUT2D eigenvalue weighted by Gasteiger charge is -2.25. The van der Waals surface area contributed by atoms with Crippen LogP contribution in [0.5, 0.6) is 0 Å². The van der Waals surface area contributed by atoms with E-state index in [1.807, 2.05) is 12.1 Å². The maximum absolute atomic E-state index is 11.5. The van der Waals surface area contributed by atoms with Crippen molar-refractivity contribution in [1.29, 1.82) is 0 Å². The average Bonchev–Trinajstić information content (AvgIpc) is 3.18. The highest BCUT2D eigenvalue weighted by Gasteiger charge is 2.42. The summed E-state index contributed by atoms with van der Waals surface area (Å²) in [6, 6.07) is 6.98. The van der Waals surface area contributed by atoms with Gasteiger partial charge in [0.1, 0.15) is 0 Å². The molecule has 132 valence electrons. The molecule has 3 rings (SSSR count). The Kier molecular flexibility index (Phi) is 4.83. The number of nitrogens with one attached hydrogen (secondary N) is 1. The Morgan fingerprint density at radius 3 is 2.67 bits per heavy atom. The quantitative estimate of drug-likeness (QED) is 0.656. The summed E-state index contributed by atoms with van der Waals surface area (Å²) < 4.78 is 28.6. The second kappa shape index (κ2) is 6.72. The molecule has 2 aliphatic rings. The molecule has 0 bridgehead atoms. The first-order valence-corrected chi connectivity index (χ1v) is 10.1. The van der Waals surface area contributed by atoms with Crippen LogP contribution in [0.4, 0.5) is 0 Å². The first-order chi connectivity index (χ1) is 11.4. The minimum atomic E-state index is -3.15. The molecule has 6 nitrogen and oxygen atoms in total. The van der Waals surface area contributed by atoms with Crippen LogP contribution in [0.1, 0.15) is 18.4 Å². The van der Waals surface area contributed by atoms with Gasteiger partial charge in [0.15, 0.2) is 15.8 Å². The molecule has 2 heterocycles. The van der Waals surface area contributed by atoms with E-state index in [2.05, 4.69) is 15.2 Å². The molecule has 1 aromatic carbocycles. The summed E-state index contributed by atoms with van der Waals surface area (Å²) in [5.41, 5.74) is 1.33. The summed E-state index contributed by atoms with van der Waals surface area (Å²) in [6.07, 6.45) is 3.50. The van der Waals surface area contributed by atoms with Gasteiger partial charge in [0.25, 0.3) is 0 Å². The molecule has 0 amide bonds. The molecular weight excluding hydrogens is 326 g/mol. The van der Waals surface area contributed by atoms with Crippen LogP contribution < -0.4 is 5.32 Å². The second-order valence-electron chi connectivity index (χ2n) is 6.79. The van der Waals surface area contributed by atoms with E-state index >= 15 is 0 Å². The van der Waals surface area contributed by atoms with Gasteiger partial charge in [-0.1, -0.05) is 12.1 Å². The van der Waals surface area contributed by atoms with Gasteiger partial charge in [-0.15, -0.1) is 0 Å². The summed E-state index contributed by atoms with van der Waals surface area (Å²) in [7, 11) is -1.35. The fraction of sp³-hybridized carbons (Fsp3) is 0.588. The smallest absolute Gasteiger partial charge is 0.193 e. The summed E-state index contributed by atoms with van der Waals surface area (Å²) in [4.78, 5) is 7.03. The zero-order valence-electron chi connectivity index (χ0n) is 14.3. The predicted octanol–water partition coefficient (Wildman–Crippen LogP) is 1.28. The van der Waals surface area contributed by atoms with E-state index in [9.17, 15) is 8.42 Å². The SMILES string of the molecule is CN=C(NCc1ccc(S(C)(=O)=O)cc1)N1CCC2(CCOC2)C1. The van der Waals surface area contributed by atoms with Crippen LogP contribution in [0, 0.1) is 5.41 Å². The van der Waals surface area contributed by atoms with Crippen molar-refractivity contribution < 1.29 is 13.2 Å². The standard InChI is InChI=1S/C17H25N3O3S/c1-18-16(20-9-7-17(12-20)8-10-23-13-17)19-11-14-3-5-15(6-4-14)24(2,21)22/h3-6H,7-13H2,1-2H3,(H,18,19). The van der Waals surface area contributed by atoms with E-state index in [4.69, 9.17) is 4.74 Å². The van der Waals surface area contributed by atoms with E-state index in [1.54, 1.807) is 19.2 Å². The highest BCUT2D eigenvalue weighted by molar-refractivity contribution is 7.90. The van der Waals surface area contributed by atoms with Crippen LogP contribution in [-0.4, -0.2) is 58.9 Å². The minimum Gasteiger partial charge on any atom is -0.381 e. The fourth-order valence-corrected chi connectivity index (χ4v) is 4.09. The van der Waals surface area contributed by atoms with Crippen molar-refractivity contribution in [2.45, 2.75) is 24.3 Å². The molecular formula is C17H25N3O3S. The number of sulfone groups is 1. The lowest BCUT2D eigenvalue weighted by Crippen LogP contribution is -2.41. The van der Waals surface area contributed by atoms with Gasteiger partial charge < -0.3 is 15.0 Å². The number of hydrogen-bond acceptors (Lipinski definition) is 4. The van der Waals surface area contributed by atoms with Crippen molar-refractivity contribution in [3.8, 4) is 0 Å². The third-order valence-electron chi connectivity index (χ3n) is 4.94. The van der Waals surface area contributed by atoms with Crippen molar-refractivity contribution in [3.63, 3.8) is 0 Å². The van der Waals surface area contributed by atoms with Crippen LogP contribution in [0.25, 0.3) is 0 Å². The second-order valence-corrected chi connectivity index (χ2v) is 8.81.